The lowest BCUT2D eigenvalue weighted by molar-refractivity contribution is -0.117. The van der Waals surface area contributed by atoms with E-state index in [1.54, 1.807) is 24.4 Å². The molecule has 33 heavy (non-hydrogen) atoms. The molecule has 3 heterocycles. The van der Waals surface area contributed by atoms with E-state index in [2.05, 4.69) is 31.7 Å². The molecule has 4 aromatic rings. The quantitative estimate of drug-likeness (QED) is 0.511. The lowest BCUT2D eigenvalue weighted by Gasteiger charge is -2.19. The summed E-state index contributed by atoms with van der Waals surface area (Å²) >= 11 is 0. The summed E-state index contributed by atoms with van der Waals surface area (Å²) in [5.41, 5.74) is 2.06. The number of alkyl halides is 2. The summed E-state index contributed by atoms with van der Waals surface area (Å²) in [5.74, 6) is -0.831. The Bertz CT molecular complexity index is 1420. The monoisotopic (exact) mass is 448 g/mol. The standard InChI is InChI=1S/C22H18F2N8O/c1-22(2)9-14(15-11-26-18-8-16(20(23)24)30-31(18)19(15)22)21(33)29-13-3-4-17(12(7-13)10-25)32-27-5-6-28-32/h3-8,11,14,20H,9H2,1-2H3,(H,29,33)/t14-/m1/s1. The highest BCUT2D eigenvalue weighted by molar-refractivity contribution is 5.97. The molecule has 0 saturated heterocycles. The minimum atomic E-state index is -2.71. The molecular formula is C22H18F2N8O. The van der Waals surface area contributed by atoms with Crippen LogP contribution in [-0.4, -0.2) is 35.5 Å². The number of nitriles is 1. The number of carbonyl (C=O) groups excluding carboxylic acids is 1. The summed E-state index contributed by atoms with van der Waals surface area (Å²) in [5, 5.41) is 24.5. The lowest BCUT2D eigenvalue weighted by Crippen LogP contribution is -2.21. The molecule has 5 rings (SSSR count). The molecule has 1 aliphatic carbocycles. The van der Waals surface area contributed by atoms with Crippen molar-refractivity contribution in [2.24, 2.45) is 0 Å². The number of nitrogens with one attached hydrogen (secondary N) is 1. The Balaban J connectivity index is 1.47. The molecule has 1 atom stereocenters. The molecule has 0 fully saturated rings. The van der Waals surface area contributed by atoms with Crippen LogP contribution < -0.4 is 5.32 Å². The van der Waals surface area contributed by atoms with Crippen LogP contribution in [0.25, 0.3) is 11.3 Å². The van der Waals surface area contributed by atoms with Crippen molar-refractivity contribution < 1.29 is 13.6 Å². The predicted octanol–water partition coefficient (Wildman–Crippen LogP) is 3.52. The fourth-order valence-corrected chi connectivity index (χ4v) is 4.40. The van der Waals surface area contributed by atoms with Gasteiger partial charge in [0.05, 0.1) is 29.6 Å². The zero-order valence-electron chi connectivity index (χ0n) is 17.7. The van der Waals surface area contributed by atoms with E-state index in [1.165, 1.54) is 27.8 Å². The normalized spacial score (nSPS) is 16.7. The fraction of sp³-hybridized carbons (Fsp3) is 0.273. The third-order valence-corrected chi connectivity index (χ3v) is 5.82. The number of benzene rings is 1. The average molecular weight is 448 g/mol. The molecule has 0 aliphatic heterocycles. The zero-order valence-corrected chi connectivity index (χ0v) is 17.7. The van der Waals surface area contributed by atoms with Crippen molar-refractivity contribution in [2.45, 2.75) is 38.0 Å². The van der Waals surface area contributed by atoms with E-state index < -0.39 is 17.8 Å². The van der Waals surface area contributed by atoms with Crippen molar-refractivity contribution in [2.75, 3.05) is 5.32 Å². The molecule has 9 nitrogen and oxygen atoms in total. The Morgan fingerprint density at radius 1 is 1.27 bits per heavy atom. The second-order valence-corrected chi connectivity index (χ2v) is 8.49. The maximum Gasteiger partial charge on any atom is 0.282 e. The number of aromatic nitrogens is 6. The van der Waals surface area contributed by atoms with E-state index in [0.29, 0.717) is 40.3 Å². The first kappa shape index (κ1) is 20.7. The van der Waals surface area contributed by atoms with Crippen molar-refractivity contribution in [3.05, 3.63) is 65.4 Å². The van der Waals surface area contributed by atoms with Crippen LogP contribution in [0.1, 0.15) is 55.1 Å². The topological polar surface area (TPSA) is 114 Å². The number of nitrogens with zero attached hydrogens (tertiary/aromatic N) is 7. The zero-order chi connectivity index (χ0) is 23.3. The van der Waals surface area contributed by atoms with Gasteiger partial charge in [0.25, 0.3) is 6.43 Å². The summed E-state index contributed by atoms with van der Waals surface area (Å²) in [6.07, 6.45) is 2.32. The molecule has 1 N–H and O–H groups in total. The van der Waals surface area contributed by atoms with Gasteiger partial charge < -0.3 is 5.32 Å². The van der Waals surface area contributed by atoms with Gasteiger partial charge in [-0.25, -0.2) is 18.3 Å². The Morgan fingerprint density at radius 3 is 2.73 bits per heavy atom. The Morgan fingerprint density at radius 2 is 2.03 bits per heavy atom. The molecule has 1 amide bonds. The minimum Gasteiger partial charge on any atom is -0.326 e. The number of carbonyl (C=O) groups is 1. The highest BCUT2D eigenvalue weighted by Crippen LogP contribution is 2.46. The van der Waals surface area contributed by atoms with Gasteiger partial charge in [0.2, 0.25) is 5.91 Å². The van der Waals surface area contributed by atoms with Crippen LogP contribution in [-0.2, 0) is 10.2 Å². The maximum atomic E-state index is 13.2. The van der Waals surface area contributed by atoms with Crippen molar-refractivity contribution >= 4 is 17.2 Å². The van der Waals surface area contributed by atoms with Crippen LogP contribution in [0, 0.1) is 11.3 Å². The van der Waals surface area contributed by atoms with Gasteiger partial charge in [-0.05, 0) is 24.6 Å². The van der Waals surface area contributed by atoms with Gasteiger partial charge in [-0.3, -0.25) is 4.79 Å². The molecule has 0 unspecified atom stereocenters. The van der Waals surface area contributed by atoms with Crippen molar-refractivity contribution in [3.63, 3.8) is 0 Å². The van der Waals surface area contributed by atoms with E-state index in [9.17, 15) is 18.8 Å². The number of amides is 1. The van der Waals surface area contributed by atoms with Crippen LogP contribution in [0.15, 0.2) is 42.9 Å². The van der Waals surface area contributed by atoms with Crippen LogP contribution in [0.4, 0.5) is 14.5 Å². The number of hydrogen-bond donors (Lipinski definition) is 1. The van der Waals surface area contributed by atoms with Crippen molar-refractivity contribution in [1.29, 1.82) is 5.26 Å². The molecule has 3 aromatic heterocycles. The minimum absolute atomic E-state index is 0.280. The van der Waals surface area contributed by atoms with E-state index in [-0.39, 0.29) is 11.6 Å². The summed E-state index contributed by atoms with van der Waals surface area (Å²) < 4.78 is 27.8. The number of hydrogen-bond acceptors (Lipinski definition) is 6. The first-order valence-electron chi connectivity index (χ1n) is 10.2. The van der Waals surface area contributed by atoms with Crippen LogP contribution in [0.2, 0.25) is 0 Å². The molecule has 0 radical (unpaired) electrons. The van der Waals surface area contributed by atoms with Gasteiger partial charge in [-0.15, -0.1) is 0 Å². The number of anilines is 1. The van der Waals surface area contributed by atoms with E-state index in [4.69, 9.17) is 0 Å². The second-order valence-electron chi connectivity index (χ2n) is 8.49. The second kappa shape index (κ2) is 7.44. The van der Waals surface area contributed by atoms with Crippen molar-refractivity contribution in [3.8, 4) is 11.8 Å². The van der Waals surface area contributed by atoms with Gasteiger partial charge >= 0.3 is 0 Å². The molecule has 0 spiro atoms. The first-order chi connectivity index (χ1) is 15.8. The predicted molar refractivity (Wildman–Crippen MR) is 113 cm³/mol. The Labute approximate surface area is 186 Å². The van der Waals surface area contributed by atoms with Crippen LogP contribution >= 0.6 is 0 Å². The average Bonchev–Trinajstić information content (AvgIpc) is 3.51. The summed E-state index contributed by atoms with van der Waals surface area (Å²) in [7, 11) is 0. The molecule has 11 heteroatoms. The summed E-state index contributed by atoms with van der Waals surface area (Å²) in [6, 6.07) is 8.23. The summed E-state index contributed by atoms with van der Waals surface area (Å²) in [6.45, 7) is 3.89. The maximum absolute atomic E-state index is 13.2. The SMILES string of the molecule is CC1(C)C[C@@H](C(=O)Nc2ccc(-n3nccn3)c(C#N)c2)c2cnc3cc(C(F)F)nn3c21. The fourth-order valence-electron chi connectivity index (χ4n) is 4.40. The Kier molecular flexibility index (Phi) is 4.67. The molecule has 166 valence electrons. The largest absolute Gasteiger partial charge is 0.326 e. The first-order valence-corrected chi connectivity index (χ1v) is 10.2. The van der Waals surface area contributed by atoms with Gasteiger partial charge in [-0.2, -0.15) is 25.4 Å². The summed E-state index contributed by atoms with van der Waals surface area (Å²) in [4.78, 5) is 18.8. The van der Waals surface area contributed by atoms with E-state index >= 15 is 0 Å². The third-order valence-electron chi connectivity index (χ3n) is 5.82. The van der Waals surface area contributed by atoms with E-state index in [1.807, 2.05) is 13.8 Å². The number of rotatable bonds is 4. The van der Waals surface area contributed by atoms with Gasteiger partial charge in [0.15, 0.2) is 5.65 Å². The van der Waals surface area contributed by atoms with Gasteiger partial charge in [-0.1, -0.05) is 13.8 Å². The smallest absolute Gasteiger partial charge is 0.282 e. The van der Waals surface area contributed by atoms with Gasteiger partial charge in [0.1, 0.15) is 17.5 Å². The number of fused-ring (bicyclic) bond motifs is 3. The Hall–Kier alpha value is -4.20. The van der Waals surface area contributed by atoms with E-state index in [0.717, 1.165) is 0 Å². The number of halogens is 2. The highest BCUT2D eigenvalue weighted by Gasteiger charge is 2.43. The van der Waals surface area contributed by atoms with Gasteiger partial charge in [0, 0.05) is 28.9 Å². The third kappa shape index (κ3) is 3.40. The molecule has 0 saturated carbocycles. The molecular weight excluding hydrogens is 430 g/mol. The molecule has 1 aliphatic rings. The molecule has 0 bridgehead atoms. The lowest BCUT2D eigenvalue weighted by atomic mass is 9.88. The van der Waals surface area contributed by atoms with Crippen LogP contribution in [0.3, 0.4) is 0 Å². The highest BCUT2D eigenvalue weighted by atomic mass is 19.3. The van der Waals surface area contributed by atoms with Crippen LogP contribution in [0.5, 0.6) is 0 Å². The van der Waals surface area contributed by atoms with Crippen molar-refractivity contribution in [1.82, 2.24) is 29.6 Å². The molecule has 1 aromatic carbocycles.